The van der Waals surface area contributed by atoms with Crippen molar-refractivity contribution in [2.75, 3.05) is 29.7 Å². The van der Waals surface area contributed by atoms with Crippen LogP contribution in [-0.2, 0) is 16.8 Å². The van der Waals surface area contributed by atoms with Gasteiger partial charge in [-0.2, -0.15) is 12.7 Å². The molecule has 0 atom stereocenters. The van der Waals surface area contributed by atoms with E-state index < -0.39 is 33.3 Å². The van der Waals surface area contributed by atoms with Crippen molar-refractivity contribution in [1.29, 1.82) is 0 Å². The first-order chi connectivity index (χ1) is 17.2. The summed E-state index contributed by atoms with van der Waals surface area (Å²) in [5.74, 6) is -2.85. The van der Waals surface area contributed by atoms with Crippen molar-refractivity contribution in [2.45, 2.75) is 19.4 Å². The number of nitrogens with zero attached hydrogens (tertiary/aromatic N) is 1. The Morgan fingerprint density at radius 2 is 1.61 bits per heavy atom. The smallest absolute Gasteiger partial charge is 0.301 e. The molecule has 0 amide bonds. The van der Waals surface area contributed by atoms with Crippen LogP contribution >= 0.6 is 22.6 Å². The molecule has 0 bridgehead atoms. The van der Waals surface area contributed by atoms with Gasteiger partial charge in [0.15, 0.2) is 11.6 Å². The van der Waals surface area contributed by atoms with Crippen LogP contribution in [0.4, 0.5) is 30.2 Å². The molecule has 0 aliphatic carbocycles. The molecule has 1 saturated heterocycles. The van der Waals surface area contributed by atoms with E-state index >= 15 is 0 Å². The lowest BCUT2D eigenvalue weighted by molar-refractivity contribution is 0.268. The van der Waals surface area contributed by atoms with Gasteiger partial charge in [-0.15, -0.1) is 0 Å². The Hall–Kier alpha value is -2.35. The lowest BCUT2D eigenvalue weighted by Crippen LogP contribution is -2.43. The maximum Gasteiger partial charge on any atom is 0.301 e. The normalized spacial score (nSPS) is 15.1. The van der Waals surface area contributed by atoms with Crippen LogP contribution in [0.5, 0.6) is 0 Å². The van der Waals surface area contributed by atoms with E-state index in [-0.39, 0.29) is 11.4 Å². The first-order valence-corrected chi connectivity index (χ1v) is 14.0. The Kier molecular flexibility index (Phi) is 8.75. The predicted octanol–water partition coefficient (Wildman–Crippen LogP) is 5.61. The molecule has 0 radical (unpaired) electrons. The predicted molar refractivity (Wildman–Crippen MR) is 144 cm³/mol. The molecule has 1 heterocycles. The van der Waals surface area contributed by atoms with Crippen LogP contribution in [0.2, 0.25) is 0 Å². The highest BCUT2D eigenvalue weighted by molar-refractivity contribution is 14.1. The zero-order valence-corrected chi connectivity index (χ0v) is 22.3. The summed E-state index contributed by atoms with van der Waals surface area (Å²) < 4.78 is 73.3. The van der Waals surface area contributed by atoms with Gasteiger partial charge in [-0.1, -0.05) is 30.3 Å². The van der Waals surface area contributed by atoms with Gasteiger partial charge in [-0.3, -0.25) is 4.72 Å². The maximum atomic E-state index is 14.7. The van der Waals surface area contributed by atoms with E-state index in [2.05, 4.69) is 15.4 Å². The van der Waals surface area contributed by atoms with E-state index in [9.17, 15) is 21.6 Å². The zero-order valence-electron chi connectivity index (χ0n) is 19.3. The summed E-state index contributed by atoms with van der Waals surface area (Å²) in [4.78, 5) is 0. The minimum Gasteiger partial charge on any atom is -0.349 e. The fourth-order valence-corrected chi connectivity index (χ4v) is 5.78. The SMILES string of the molecule is O=S(=O)(Nc1ccc(F)c(F)c1Nc1ccc(I)cc1F)N1CCC(CNCc2ccccc2)CC1. The Balaban J connectivity index is 1.40. The molecule has 3 aromatic carbocycles. The molecule has 6 nitrogen and oxygen atoms in total. The minimum atomic E-state index is -4.05. The van der Waals surface area contributed by atoms with Crippen LogP contribution in [0.25, 0.3) is 0 Å². The Morgan fingerprint density at radius 1 is 0.917 bits per heavy atom. The number of piperidine rings is 1. The van der Waals surface area contributed by atoms with Crippen molar-refractivity contribution < 1.29 is 21.6 Å². The molecule has 0 spiro atoms. The van der Waals surface area contributed by atoms with Crippen LogP contribution in [0.1, 0.15) is 18.4 Å². The van der Waals surface area contributed by atoms with Gasteiger partial charge in [0.1, 0.15) is 11.5 Å². The van der Waals surface area contributed by atoms with Crippen LogP contribution in [0, 0.1) is 26.9 Å². The van der Waals surface area contributed by atoms with Crippen molar-refractivity contribution in [3.05, 3.63) is 87.2 Å². The number of hydrogen-bond donors (Lipinski definition) is 3. The third-order valence-electron chi connectivity index (χ3n) is 6.04. The number of benzene rings is 3. The topological polar surface area (TPSA) is 73.5 Å². The fraction of sp³-hybridized carbons (Fsp3) is 0.280. The molecule has 1 aliphatic rings. The summed E-state index contributed by atoms with van der Waals surface area (Å²) >= 11 is 1.92. The van der Waals surface area contributed by atoms with Crippen molar-refractivity contribution in [3.8, 4) is 0 Å². The number of anilines is 3. The number of hydrogen-bond acceptors (Lipinski definition) is 4. The average Bonchev–Trinajstić information content (AvgIpc) is 2.86. The third-order valence-corrected chi connectivity index (χ3v) is 8.24. The molecule has 192 valence electrons. The third kappa shape index (κ3) is 6.69. The van der Waals surface area contributed by atoms with Gasteiger partial charge in [0.2, 0.25) is 0 Å². The average molecular weight is 630 g/mol. The number of nitrogens with one attached hydrogen (secondary N) is 3. The van der Waals surface area contributed by atoms with E-state index in [1.807, 2.05) is 52.9 Å². The first-order valence-electron chi connectivity index (χ1n) is 11.5. The molecular formula is C25H26F3IN4O2S. The lowest BCUT2D eigenvalue weighted by Gasteiger charge is -2.31. The largest absolute Gasteiger partial charge is 0.349 e. The molecule has 1 fully saturated rings. The highest BCUT2D eigenvalue weighted by Gasteiger charge is 2.29. The fourth-order valence-electron chi connectivity index (χ4n) is 4.06. The first kappa shape index (κ1) is 26.7. The van der Waals surface area contributed by atoms with Crippen molar-refractivity contribution in [1.82, 2.24) is 9.62 Å². The minimum absolute atomic E-state index is 0.107. The summed E-state index contributed by atoms with van der Waals surface area (Å²) in [6.07, 6.45) is 1.33. The van der Waals surface area contributed by atoms with Gasteiger partial charge >= 0.3 is 10.2 Å². The van der Waals surface area contributed by atoms with Crippen molar-refractivity contribution in [2.24, 2.45) is 5.92 Å². The zero-order chi connectivity index (χ0) is 25.7. The second kappa shape index (κ2) is 11.8. The second-order valence-electron chi connectivity index (χ2n) is 8.60. The van der Waals surface area contributed by atoms with E-state index in [1.54, 1.807) is 6.07 Å². The molecular weight excluding hydrogens is 604 g/mol. The van der Waals surface area contributed by atoms with Gasteiger partial charge in [0.25, 0.3) is 0 Å². The van der Waals surface area contributed by atoms with Crippen molar-refractivity contribution >= 4 is 49.9 Å². The molecule has 1 aliphatic heterocycles. The van der Waals surface area contributed by atoms with Gasteiger partial charge in [-0.25, -0.2) is 13.2 Å². The quantitative estimate of drug-likeness (QED) is 0.269. The second-order valence-corrected chi connectivity index (χ2v) is 11.5. The monoisotopic (exact) mass is 630 g/mol. The van der Waals surface area contributed by atoms with Crippen LogP contribution < -0.4 is 15.4 Å². The summed E-state index contributed by atoms with van der Waals surface area (Å²) in [6.45, 7) is 2.11. The summed E-state index contributed by atoms with van der Waals surface area (Å²) in [5, 5.41) is 5.91. The van der Waals surface area contributed by atoms with Crippen molar-refractivity contribution in [3.63, 3.8) is 0 Å². The lowest BCUT2D eigenvalue weighted by atomic mass is 9.98. The highest BCUT2D eigenvalue weighted by atomic mass is 127. The van der Waals surface area contributed by atoms with Gasteiger partial charge in [0.05, 0.1) is 11.4 Å². The Labute approximate surface area is 222 Å². The molecule has 3 N–H and O–H groups in total. The van der Waals surface area contributed by atoms with E-state index in [4.69, 9.17) is 0 Å². The Bertz CT molecular complexity index is 1300. The molecule has 0 aromatic heterocycles. The number of rotatable bonds is 9. The van der Waals surface area contributed by atoms with Gasteiger partial charge < -0.3 is 10.6 Å². The van der Waals surface area contributed by atoms with Gasteiger partial charge in [0, 0.05) is 23.2 Å². The Morgan fingerprint density at radius 3 is 2.31 bits per heavy atom. The molecule has 4 rings (SSSR count). The van der Waals surface area contributed by atoms with E-state index in [0.29, 0.717) is 35.4 Å². The summed E-state index contributed by atoms with van der Waals surface area (Å²) in [6, 6.07) is 16.1. The molecule has 36 heavy (non-hydrogen) atoms. The van der Waals surface area contributed by atoms with Crippen LogP contribution in [-0.4, -0.2) is 32.4 Å². The molecule has 3 aromatic rings. The molecule has 11 heteroatoms. The number of halogens is 4. The van der Waals surface area contributed by atoms with Crippen LogP contribution in [0.15, 0.2) is 60.7 Å². The molecule has 0 saturated carbocycles. The maximum absolute atomic E-state index is 14.7. The highest BCUT2D eigenvalue weighted by Crippen LogP contribution is 2.33. The molecule has 0 unspecified atom stereocenters. The van der Waals surface area contributed by atoms with Gasteiger partial charge in [-0.05, 0) is 83.8 Å². The van der Waals surface area contributed by atoms with E-state index in [1.165, 1.54) is 22.0 Å². The van der Waals surface area contributed by atoms with E-state index in [0.717, 1.165) is 25.2 Å². The summed E-state index contributed by atoms with van der Waals surface area (Å²) in [5.41, 5.74) is 0.379. The summed E-state index contributed by atoms with van der Waals surface area (Å²) in [7, 11) is -4.05. The standard InChI is InChI=1S/C25H26F3IN4O2S/c26-20-7-9-23(25(24(20)28)31-22-8-6-19(29)14-21(22)27)32-36(34,35)33-12-10-18(11-13-33)16-30-15-17-4-2-1-3-5-17/h1-9,14,18,30-32H,10-13,15-16H2. The van der Waals surface area contributed by atoms with Crippen LogP contribution in [0.3, 0.4) is 0 Å².